The number of carbonyl (C=O) groups excluding carboxylic acids is 1. The van der Waals surface area contributed by atoms with Gasteiger partial charge in [0.2, 0.25) is 5.91 Å². The Morgan fingerprint density at radius 2 is 1.90 bits per heavy atom. The molecule has 4 heteroatoms. The van der Waals surface area contributed by atoms with Gasteiger partial charge in [-0.15, -0.1) is 0 Å². The van der Waals surface area contributed by atoms with E-state index in [4.69, 9.17) is 5.73 Å². The van der Waals surface area contributed by atoms with Crippen LogP contribution in [0.4, 0.5) is 0 Å². The van der Waals surface area contributed by atoms with Gasteiger partial charge in [-0.1, -0.05) is 27.2 Å². The summed E-state index contributed by atoms with van der Waals surface area (Å²) < 4.78 is 0. The fraction of sp³-hybridized carbons (Fsp3) is 0.941. The van der Waals surface area contributed by atoms with Crippen LogP contribution in [0.2, 0.25) is 0 Å². The van der Waals surface area contributed by atoms with Crippen LogP contribution < -0.4 is 11.1 Å². The van der Waals surface area contributed by atoms with E-state index >= 15 is 0 Å². The lowest BCUT2D eigenvalue weighted by Crippen LogP contribution is -2.38. The highest BCUT2D eigenvalue weighted by Gasteiger charge is 2.19. The van der Waals surface area contributed by atoms with Crippen LogP contribution in [0.1, 0.15) is 59.3 Å². The molecule has 1 aliphatic heterocycles. The summed E-state index contributed by atoms with van der Waals surface area (Å²) in [6, 6.07) is 0. The van der Waals surface area contributed by atoms with Crippen molar-refractivity contribution in [1.82, 2.24) is 10.2 Å². The minimum absolute atomic E-state index is 0.172. The van der Waals surface area contributed by atoms with Crippen LogP contribution in [0.3, 0.4) is 0 Å². The maximum absolute atomic E-state index is 11.9. The first-order valence-electron chi connectivity index (χ1n) is 8.62. The number of nitrogens with zero attached hydrogens (tertiary/aromatic N) is 1. The Bertz CT molecular complexity index is 298. The van der Waals surface area contributed by atoms with E-state index in [2.05, 4.69) is 31.0 Å². The van der Waals surface area contributed by atoms with E-state index in [1.54, 1.807) is 0 Å². The zero-order valence-electron chi connectivity index (χ0n) is 14.3. The second kappa shape index (κ2) is 9.42. The van der Waals surface area contributed by atoms with Crippen molar-refractivity contribution in [3.05, 3.63) is 0 Å². The number of hydrogen-bond acceptors (Lipinski definition) is 3. The fourth-order valence-electron chi connectivity index (χ4n) is 2.99. The molecule has 21 heavy (non-hydrogen) atoms. The van der Waals surface area contributed by atoms with Crippen molar-refractivity contribution in [1.29, 1.82) is 0 Å². The average Bonchev–Trinajstić information content (AvgIpc) is 2.44. The molecule has 1 rings (SSSR count). The fourth-order valence-corrected chi connectivity index (χ4v) is 2.99. The summed E-state index contributed by atoms with van der Waals surface area (Å²) in [6.07, 6.45) is 6.54. The largest absolute Gasteiger partial charge is 0.356 e. The van der Waals surface area contributed by atoms with Crippen molar-refractivity contribution in [2.75, 3.05) is 32.7 Å². The second-order valence-corrected chi connectivity index (χ2v) is 7.47. The van der Waals surface area contributed by atoms with Gasteiger partial charge in [0.1, 0.15) is 0 Å². The lowest BCUT2D eigenvalue weighted by atomic mass is 9.84. The number of hydrogen-bond donors (Lipinski definition) is 2. The summed E-state index contributed by atoms with van der Waals surface area (Å²) in [5, 5.41) is 3.09. The van der Waals surface area contributed by atoms with E-state index in [0.29, 0.717) is 18.9 Å². The van der Waals surface area contributed by atoms with Gasteiger partial charge in [-0.3, -0.25) is 4.79 Å². The average molecular weight is 297 g/mol. The van der Waals surface area contributed by atoms with Gasteiger partial charge in [-0.25, -0.2) is 0 Å². The molecule has 0 aliphatic carbocycles. The first-order chi connectivity index (χ1) is 9.93. The molecule has 0 saturated carbocycles. The van der Waals surface area contributed by atoms with E-state index < -0.39 is 0 Å². The Morgan fingerprint density at radius 1 is 1.24 bits per heavy atom. The van der Waals surface area contributed by atoms with Crippen molar-refractivity contribution < 1.29 is 4.79 Å². The molecule has 0 bridgehead atoms. The Labute approximate surface area is 130 Å². The van der Waals surface area contributed by atoms with Crippen molar-refractivity contribution in [2.24, 2.45) is 17.1 Å². The molecule has 1 aliphatic rings. The molecule has 0 spiro atoms. The van der Waals surface area contributed by atoms with Crippen molar-refractivity contribution >= 4 is 5.91 Å². The summed E-state index contributed by atoms with van der Waals surface area (Å²) in [5.41, 5.74) is 5.78. The number of amides is 1. The third kappa shape index (κ3) is 8.42. The quantitative estimate of drug-likeness (QED) is 0.687. The molecule has 0 aromatic rings. The van der Waals surface area contributed by atoms with E-state index in [-0.39, 0.29) is 11.3 Å². The summed E-state index contributed by atoms with van der Waals surface area (Å²) >= 11 is 0. The summed E-state index contributed by atoms with van der Waals surface area (Å²) in [4.78, 5) is 14.5. The second-order valence-electron chi connectivity index (χ2n) is 7.47. The monoisotopic (exact) mass is 297 g/mol. The molecule has 1 fully saturated rings. The minimum Gasteiger partial charge on any atom is -0.356 e. The highest BCUT2D eigenvalue weighted by atomic mass is 16.1. The maximum atomic E-state index is 11.9. The number of piperidine rings is 1. The zero-order valence-corrected chi connectivity index (χ0v) is 14.3. The van der Waals surface area contributed by atoms with Gasteiger partial charge in [0, 0.05) is 19.5 Å². The predicted molar refractivity (Wildman–Crippen MR) is 89.2 cm³/mol. The first kappa shape index (κ1) is 18.4. The Hall–Kier alpha value is -0.610. The van der Waals surface area contributed by atoms with Gasteiger partial charge in [0.05, 0.1) is 0 Å². The summed E-state index contributed by atoms with van der Waals surface area (Å²) in [6.45, 7) is 11.7. The van der Waals surface area contributed by atoms with Crippen molar-refractivity contribution in [2.45, 2.75) is 59.3 Å². The normalized spacial score (nSPS) is 18.5. The molecule has 3 N–H and O–H groups in total. The minimum atomic E-state index is 0.172. The number of carbonyl (C=O) groups is 1. The highest BCUT2D eigenvalue weighted by molar-refractivity contribution is 5.75. The van der Waals surface area contributed by atoms with Crippen LogP contribution >= 0.6 is 0 Å². The third-order valence-corrected chi connectivity index (χ3v) is 4.52. The maximum Gasteiger partial charge on any atom is 0.220 e. The third-order valence-electron chi connectivity index (χ3n) is 4.52. The number of nitrogens with one attached hydrogen (secondary N) is 1. The smallest absolute Gasteiger partial charge is 0.220 e. The van der Waals surface area contributed by atoms with Crippen LogP contribution in [-0.4, -0.2) is 43.5 Å². The van der Waals surface area contributed by atoms with Crippen LogP contribution in [0.5, 0.6) is 0 Å². The molecule has 0 aromatic carbocycles. The number of rotatable bonds is 9. The van der Waals surface area contributed by atoms with E-state index in [1.165, 1.54) is 32.4 Å². The van der Waals surface area contributed by atoms with Crippen molar-refractivity contribution in [3.8, 4) is 0 Å². The van der Waals surface area contributed by atoms with Gasteiger partial charge in [-0.2, -0.15) is 0 Å². The number of likely N-dealkylation sites (tertiary alicyclic amines) is 1. The van der Waals surface area contributed by atoms with Gasteiger partial charge in [-0.05, 0) is 56.7 Å². The Balaban J connectivity index is 2.14. The molecule has 124 valence electrons. The Kier molecular flexibility index (Phi) is 8.27. The van der Waals surface area contributed by atoms with Gasteiger partial charge in [0.15, 0.2) is 0 Å². The lowest BCUT2D eigenvalue weighted by molar-refractivity contribution is -0.121. The summed E-state index contributed by atoms with van der Waals surface area (Å²) in [5.74, 6) is 0.717. The van der Waals surface area contributed by atoms with Gasteiger partial charge >= 0.3 is 0 Å². The SMILES string of the molecule is CC(CNC(=O)CCC(C)(C)CCN)CN1CCCCC1. The molecule has 1 atom stereocenters. The van der Waals surface area contributed by atoms with E-state index in [1.807, 2.05) is 0 Å². The first-order valence-corrected chi connectivity index (χ1v) is 8.62. The van der Waals surface area contributed by atoms with Crippen LogP contribution in [0.15, 0.2) is 0 Å². The zero-order chi connectivity index (χ0) is 15.7. The molecule has 0 aromatic heterocycles. The predicted octanol–water partition coefficient (Wildman–Crippen LogP) is 2.38. The van der Waals surface area contributed by atoms with Gasteiger partial charge < -0.3 is 16.0 Å². The van der Waals surface area contributed by atoms with Crippen molar-refractivity contribution in [3.63, 3.8) is 0 Å². The van der Waals surface area contributed by atoms with E-state index in [9.17, 15) is 4.79 Å². The molecule has 1 unspecified atom stereocenters. The standard InChI is InChI=1S/C17H35N3O/c1-15(14-20-11-5-4-6-12-20)13-19-16(21)7-8-17(2,3)9-10-18/h15H,4-14,18H2,1-3H3,(H,19,21). The topological polar surface area (TPSA) is 58.4 Å². The molecule has 1 amide bonds. The molecule has 1 heterocycles. The lowest BCUT2D eigenvalue weighted by Gasteiger charge is -2.29. The highest BCUT2D eigenvalue weighted by Crippen LogP contribution is 2.25. The molecule has 4 nitrogen and oxygen atoms in total. The number of nitrogens with two attached hydrogens (primary N) is 1. The van der Waals surface area contributed by atoms with Crippen LogP contribution in [0, 0.1) is 11.3 Å². The van der Waals surface area contributed by atoms with Crippen LogP contribution in [0.25, 0.3) is 0 Å². The van der Waals surface area contributed by atoms with Gasteiger partial charge in [0.25, 0.3) is 0 Å². The summed E-state index contributed by atoms with van der Waals surface area (Å²) in [7, 11) is 0. The molecular weight excluding hydrogens is 262 g/mol. The van der Waals surface area contributed by atoms with E-state index in [0.717, 1.165) is 25.9 Å². The Morgan fingerprint density at radius 3 is 2.52 bits per heavy atom. The molecule has 1 saturated heterocycles. The molecule has 0 radical (unpaired) electrons. The molecular formula is C17H35N3O. The van der Waals surface area contributed by atoms with Crippen LogP contribution in [-0.2, 0) is 4.79 Å².